The van der Waals surface area contributed by atoms with Crippen LogP contribution in [0.1, 0.15) is 12.5 Å². The summed E-state index contributed by atoms with van der Waals surface area (Å²) in [5.74, 6) is 1.43. The number of hydrogen-bond donors (Lipinski definition) is 1. The molecule has 5 heteroatoms. The molecule has 0 aliphatic carbocycles. The number of likely N-dealkylation sites (N-methyl/N-ethyl adjacent to an activating group) is 2. The van der Waals surface area contributed by atoms with Crippen molar-refractivity contribution in [3.8, 4) is 11.5 Å². The molecule has 0 unspecified atom stereocenters. The van der Waals surface area contributed by atoms with E-state index in [1.807, 2.05) is 25.1 Å². The quantitative estimate of drug-likeness (QED) is 0.807. The van der Waals surface area contributed by atoms with E-state index >= 15 is 0 Å². The van der Waals surface area contributed by atoms with Crippen LogP contribution in [0, 0.1) is 0 Å². The SMILES string of the molecule is CCN(CC(=O)NC)Cc1ccc(OC)c(OC)c1. The summed E-state index contributed by atoms with van der Waals surface area (Å²) in [6, 6.07) is 5.79. The van der Waals surface area contributed by atoms with E-state index in [0.717, 1.165) is 12.1 Å². The lowest BCUT2D eigenvalue weighted by molar-refractivity contribution is -0.121. The lowest BCUT2D eigenvalue weighted by atomic mass is 10.2. The van der Waals surface area contributed by atoms with E-state index in [4.69, 9.17) is 9.47 Å². The van der Waals surface area contributed by atoms with E-state index in [0.29, 0.717) is 24.6 Å². The van der Waals surface area contributed by atoms with Crippen LogP contribution >= 0.6 is 0 Å². The van der Waals surface area contributed by atoms with Crippen LogP contribution < -0.4 is 14.8 Å². The minimum absolute atomic E-state index is 0.0160. The molecule has 19 heavy (non-hydrogen) atoms. The number of carbonyl (C=O) groups is 1. The number of rotatable bonds is 7. The Morgan fingerprint density at radius 3 is 2.47 bits per heavy atom. The lowest BCUT2D eigenvalue weighted by Crippen LogP contribution is -2.35. The molecule has 0 heterocycles. The van der Waals surface area contributed by atoms with Gasteiger partial charge in [-0.25, -0.2) is 0 Å². The van der Waals surface area contributed by atoms with Crippen molar-refractivity contribution >= 4 is 5.91 Å². The number of methoxy groups -OCH3 is 2. The third-order valence-corrected chi connectivity index (χ3v) is 2.95. The van der Waals surface area contributed by atoms with E-state index in [1.165, 1.54) is 0 Å². The number of nitrogens with zero attached hydrogens (tertiary/aromatic N) is 1. The Balaban J connectivity index is 2.77. The molecule has 1 N–H and O–H groups in total. The zero-order valence-corrected chi connectivity index (χ0v) is 12.0. The summed E-state index contributed by atoms with van der Waals surface area (Å²) in [6.07, 6.45) is 0. The van der Waals surface area contributed by atoms with Gasteiger partial charge in [-0.15, -0.1) is 0 Å². The Bertz CT molecular complexity index is 421. The van der Waals surface area contributed by atoms with Crippen molar-refractivity contribution in [1.82, 2.24) is 10.2 Å². The summed E-state index contributed by atoms with van der Waals surface area (Å²) in [7, 11) is 4.87. The van der Waals surface area contributed by atoms with E-state index in [2.05, 4.69) is 10.2 Å². The Morgan fingerprint density at radius 2 is 1.95 bits per heavy atom. The normalized spacial score (nSPS) is 10.4. The smallest absolute Gasteiger partial charge is 0.233 e. The van der Waals surface area contributed by atoms with Crippen molar-refractivity contribution in [2.24, 2.45) is 0 Å². The van der Waals surface area contributed by atoms with Crippen LogP contribution in [0.5, 0.6) is 11.5 Å². The van der Waals surface area contributed by atoms with Crippen LogP contribution in [0.2, 0.25) is 0 Å². The average molecular weight is 266 g/mol. The molecule has 0 radical (unpaired) electrons. The summed E-state index contributed by atoms with van der Waals surface area (Å²) >= 11 is 0. The maximum absolute atomic E-state index is 11.4. The maximum atomic E-state index is 11.4. The molecule has 0 spiro atoms. The third kappa shape index (κ3) is 4.44. The summed E-state index contributed by atoms with van der Waals surface area (Å²) < 4.78 is 10.5. The standard InChI is InChI=1S/C14H22N2O3/c1-5-16(10-14(17)15-2)9-11-6-7-12(18-3)13(8-11)19-4/h6-8H,5,9-10H2,1-4H3,(H,15,17). The van der Waals surface area contributed by atoms with Crippen molar-refractivity contribution < 1.29 is 14.3 Å². The van der Waals surface area contributed by atoms with E-state index in [-0.39, 0.29) is 5.91 Å². The fourth-order valence-corrected chi connectivity index (χ4v) is 1.80. The first-order valence-electron chi connectivity index (χ1n) is 6.28. The van der Waals surface area contributed by atoms with Gasteiger partial charge in [0, 0.05) is 13.6 Å². The molecule has 1 aromatic carbocycles. The minimum Gasteiger partial charge on any atom is -0.493 e. The zero-order chi connectivity index (χ0) is 14.3. The second kappa shape index (κ2) is 7.63. The molecule has 0 saturated carbocycles. The highest BCUT2D eigenvalue weighted by molar-refractivity contribution is 5.77. The Hall–Kier alpha value is -1.75. The largest absolute Gasteiger partial charge is 0.493 e. The maximum Gasteiger partial charge on any atom is 0.233 e. The fraction of sp³-hybridized carbons (Fsp3) is 0.500. The van der Waals surface area contributed by atoms with Gasteiger partial charge < -0.3 is 14.8 Å². The van der Waals surface area contributed by atoms with Gasteiger partial charge in [0.05, 0.1) is 20.8 Å². The molecule has 0 fully saturated rings. The van der Waals surface area contributed by atoms with Crippen LogP contribution in [-0.4, -0.2) is 45.2 Å². The summed E-state index contributed by atoms with van der Waals surface area (Å²) in [5, 5.41) is 2.63. The first kappa shape index (κ1) is 15.3. The van der Waals surface area contributed by atoms with Gasteiger partial charge in [0.2, 0.25) is 5.91 Å². The summed E-state index contributed by atoms with van der Waals surface area (Å²) in [4.78, 5) is 13.5. The topological polar surface area (TPSA) is 50.8 Å². The van der Waals surface area contributed by atoms with Gasteiger partial charge >= 0.3 is 0 Å². The third-order valence-electron chi connectivity index (χ3n) is 2.95. The van der Waals surface area contributed by atoms with Crippen LogP contribution in [0.15, 0.2) is 18.2 Å². The van der Waals surface area contributed by atoms with Crippen molar-refractivity contribution in [2.45, 2.75) is 13.5 Å². The minimum atomic E-state index is 0.0160. The van der Waals surface area contributed by atoms with Crippen LogP contribution in [-0.2, 0) is 11.3 Å². The molecule has 0 aliphatic heterocycles. The van der Waals surface area contributed by atoms with Crippen molar-refractivity contribution in [3.63, 3.8) is 0 Å². The van der Waals surface area contributed by atoms with E-state index < -0.39 is 0 Å². The van der Waals surface area contributed by atoms with Crippen LogP contribution in [0.3, 0.4) is 0 Å². The van der Waals surface area contributed by atoms with Gasteiger partial charge in [0.15, 0.2) is 11.5 Å². The second-order valence-corrected chi connectivity index (χ2v) is 4.17. The highest BCUT2D eigenvalue weighted by atomic mass is 16.5. The highest BCUT2D eigenvalue weighted by Crippen LogP contribution is 2.27. The van der Waals surface area contributed by atoms with Crippen LogP contribution in [0.4, 0.5) is 0 Å². The average Bonchev–Trinajstić information content (AvgIpc) is 2.45. The number of ether oxygens (including phenoxy) is 2. The number of nitrogens with one attached hydrogen (secondary N) is 1. The highest BCUT2D eigenvalue weighted by Gasteiger charge is 2.10. The number of carbonyl (C=O) groups excluding carboxylic acids is 1. The van der Waals surface area contributed by atoms with Crippen molar-refractivity contribution in [2.75, 3.05) is 34.4 Å². The van der Waals surface area contributed by atoms with Gasteiger partial charge in [0.1, 0.15) is 0 Å². The van der Waals surface area contributed by atoms with Crippen molar-refractivity contribution in [3.05, 3.63) is 23.8 Å². The molecule has 1 rings (SSSR count). The Morgan fingerprint density at radius 1 is 1.26 bits per heavy atom. The van der Waals surface area contributed by atoms with Gasteiger partial charge in [-0.1, -0.05) is 13.0 Å². The van der Waals surface area contributed by atoms with Crippen LogP contribution in [0.25, 0.3) is 0 Å². The first-order chi connectivity index (χ1) is 9.14. The Labute approximate surface area is 114 Å². The second-order valence-electron chi connectivity index (χ2n) is 4.17. The summed E-state index contributed by atoms with van der Waals surface area (Å²) in [6.45, 7) is 3.93. The molecule has 1 amide bonds. The molecule has 5 nitrogen and oxygen atoms in total. The number of amides is 1. The van der Waals surface area contributed by atoms with E-state index in [1.54, 1.807) is 21.3 Å². The molecule has 1 aromatic rings. The molecular weight excluding hydrogens is 244 g/mol. The molecule has 0 bridgehead atoms. The monoisotopic (exact) mass is 266 g/mol. The lowest BCUT2D eigenvalue weighted by Gasteiger charge is -2.20. The Kier molecular flexibility index (Phi) is 6.15. The summed E-state index contributed by atoms with van der Waals surface area (Å²) in [5.41, 5.74) is 1.09. The first-order valence-corrected chi connectivity index (χ1v) is 6.28. The molecule has 0 atom stereocenters. The van der Waals surface area contributed by atoms with Gasteiger partial charge in [-0.3, -0.25) is 9.69 Å². The fourth-order valence-electron chi connectivity index (χ4n) is 1.80. The number of benzene rings is 1. The molecule has 0 aliphatic rings. The van der Waals surface area contributed by atoms with E-state index in [9.17, 15) is 4.79 Å². The zero-order valence-electron chi connectivity index (χ0n) is 12.0. The molecule has 0 saturated heterocycles. The van der Waals surface area contributed by atoms with Gasteiger partial charge in [0.25, 0.3) is 0 Å². The van der Waals surface area contributed by atoms with Gasteiger partial charge in [-0.05, 0) is 24.2 Å². The molecule has 106 valence electrons. The molecular formula is C14H22N2O3. The predicted molar refractivity (Wildman–Crippen MR) is 74.6 cm³/mol. The van der Waals surface area contributed by atoms with Gasteiger partial charge in [-0.2, -0.15) is 0 Å². The predicted octanol–water partition coefficient (Wildman–Crippen LogP) is 1.27. The number of hydrogen-bond acceptors (Lipinski definition) is 4. The van der Waals surface area contributed by atoms with Crippen molar-refractivity contribution in [1.29, 1.82) is 0 Å². The molecule has 0 aromatic heterocycles.